The summed E-state index contributed by atoms with van der Waals surface area (Å²) in [4.78, 5) is 12.0. The first kappa shape index (κ1) is 20.3. The van der Waals surface area contributed by atoms with E-state index in [2.05, 4.69) is 5.32 Å². The van der Waals surface area contributed by atoms with Crippen LogP contribution in [0.4, 0.5) is 5.69 Å². The number of carbonyl (C=O) groups is 1. The Labute approximate surface area is 179 Å². The minimum atomic E-state index is -3.75. The van der Waals surface area contributed by atoms with Crippen LogP contribution in [0.5, 0.6) is 5.75 Å². The number of furan rings is 1. The van der Waals surface area contributed by atoms with Crippen LogP contribution in [0.25, 0.3) is 0 Å². The second kappa shape index (κ2) is 8.41. The van der Waals surface area contributed by atoms with Gasteiger partial charge >= 0.3 is 0 Å². The van der Waals surface area contributed by atoms with Gasteiger partial charge in [-0.2, -0.15) is 0 Å². The summed E-state index contributed by atoms with van der Waals surface area (Å²) < 4.78 is 38.1. The van der Waals surface area contributed by atoms with E-state index < -0.39 is 10.0 Å². The molecule has 9 heteroatoms. The molecule has 0 saturated heterocycles. The number of para-hydroxylation sites is 1. The van der Waals surface area contributed by atoms with E-state index in [0.29, 0.717) is 24.4 Å². The summed E-state index contributed by atoms with van der Waals surface area (Å²) in [5.74, 6) is 0.498. The van der Waals surface area contributed by atoms with Crippen molar-refractivity contribution in [1.82, 2.24) is 5.32 Å². The molecule has 7 nitrogen and oxygen atoms in total. The summed E-state index contributed by atoms with van der Waals surface area (Å²) in [5.41, 5.74) is 1.68. The van der Waals surface area contributed by atoms with E-state index in [0.717, 1.165) is 5.56 Å². The van der Waals surface area contributed by atoms with Gasteiger partial charge in [-0.25, -0.2) is 8.42 Å². The number of nitrogens with one attached hydrogen (secondary N) is 1. The van der Waals surface area contributed by atoms with Crippen LogP contribution < -0.4 is 14.4 Å². The first-order valence-corrected chi connectivity index (χ1v) is 11.1. The molecule has 0 bridgehead atoms. The van der Waals surface area contributed by atoms with Gasteiger partial charge < -0.3 is 14.5 Å². The van der Waals surface area contributed by atoms with Crippen LogP contribution in [-0.2, 0) is 27.8 Å². The number of carbonyl (C=O) groups excluding carboxylic acids is 1. The molecule has 1 N–H and O–H groups in total. The van der Waals surface area contributed by atoms with Gasteiger partial charge in [0.05, 0.1) is 28.4 Å². The lowest BCUT2D eigenvalue weighted by molar-refractivity contribution is -0.123. The number of nitrogens with zero attached hydrogens (tertiary/aromatic N) is 1. The largest absolute Gasteiger partial charge is 0.482 e. The Balaban J connectivity index is 1.42. The molecule has 1 amide bonds. The molecule has 0 unspecified atom stereocenters. The molecule has 30 heavy (non-hydrogen) atoms. The van der Waals surface area contributed by atoms with Crippen molar-refractivity contribution in [2.24, 2.45) is 0 Å². The summed E-state index contributed by atoms with van der Waals surface area (Å²) in [7, 11) is -3.75. The van der Waals surface area contributed by atoms with Gasteiger partial charge in [0.15, 0.2) is 6.61 Å². The lowest BCUT2D eigenvalue weighted by atomic mass is 10.2. The van der Waals surface area contributed by atoms with Crippen LogP contribution in [0, 0.1) is 0 Å². The molecule has 1 aliphatic rings. The van der Waals surface area contributed by atoms with Crippen molar-refractivity contribution in [3.8, 4) is 5.75 Å². The van der Waals surface area contributed by atoms with E-state index in [-0.39, 0.29) is 34.7 Å². The van der Waals surface area contributed by atoms with E-state index in [4.69, 9.17) is 20.8 Å². The van der Waals surface area contributed by atoms with E-state index in [9.17, 15) is 13.2 Å². The fourth-order valence-electron chi connectivity index (χ4n) is 3.24. The zero-order chi connectivity index (χ0) is 21.1. The topological polar surface area (TPSA) is 88.9 Å². The highest BCUT2D eigenvalue weighted by Crippen LogP contribution is 2.35. The summed E-state index contributed by atoms with van der Waals surface area (Å²) >= 11 is 6.23. The van der Waals surface area contributed by atoms with Crippen molar-refractivity contribution in [3.63, 3.8) is 0 Å². The standard InChI is InChI=1S/C21H19ClN2O5S/c22-18-12-17(30(26,27)24-10-9-15-4-1-2-6-19(15)24)7-8-20(18)29-14-21(25)23-13-16-5-3-11-28-16/h1-8,11-12H,9-10,13-14H2,(H,23,25). The molecule has 156 valence electrons. The van der Waals surface area contributed by atoms with E-state index in [1.807, 2.05) is 18.2 Å². The van der Waals surface area contributed by atoms with Gasteiger partial charge in [0, 0.05) is 6.54 Å². The van der Waals surface area contributed by atoms with Crippen molar-refractivity contribution in [1.29, 1.82) is 0 Å². The van der Waals surface area contributed by atoms with E-state index in [1.165, 1.54) is 28.8 Å². The number of benzene rings is 2. The first-order chi connectivity index (χ1) is 14.4. The molecule has 0 atom stereocenters. The molecule has 1 aliphatic heterocycles. The minimum absolute atomic E-state index is 0.0684. The van der Waals surface area contributed by atoms with Gasteiger partial charge in [-0.3, -0.25) is 9.10 Å². The van der Waals surface area contributed by atoms with Crippen LogP contribution in [-0.4, -0.2) is 27.5 Å². The fourth-order valence-corrected chi connectivity index (χ4v) is 5.07. The predicted octanol–water partition coefficient (Wildman–Crippen LogP) is 3.38. The molecular formula is C21H19ClN2O5S. The number of anilines is 1. The van der Waals surface area contributed by atoms with Crippen LogP contribution in [0.1, 0.15) is 11.3 Å². The Morgan fingerprint density at radius 1 is 1.17 bits per heavy atom. The van der Waals surface area contributed by atoms with Gasteiger partial charge in [0.25, 0.3) is 15.9 Å². The highest BCUT2D eigenvalue weighted by Gasteiger charge is 2.31. The minimum Gasteiger partial charge on any atom is -0.482 e. The number of halogens is 1. The number of ether oxygens (including phenoxy) is 1. The molecule has 2 heterocycles. The van der Waals surface area contributed by atoms with Gasteiger partial charge in [-0.1, -0.05) is 29.8 Å². The van der Waals surface area contributed by atoms with Crippen LogP contribution in [0.15, 0.2) is 70.2 Å². The maximum Gasteiger partial charge on any atom is 0.264 e. The van der Waals surface area contributed by atoms with E-state index >= 15 is 0 Å². The summed E-state index contributed by atoms with van der Waals surface area (Å²) in [6.07, 6.45) is 2.19. The van der Waals surface area contributed by atoms with Crippen molar-refractivity contribution in [2.75, 3.05) is 17.5 Å². The van der Waals surface area contributed by atoms with Crippen LogP contribution >= 0.6 is 11.6 Å². The fraction of sp³-hybridized carbons (Fsp3) is 0.190. The molecule has 1 aromatic heterocycles. The zero-order valence-electron chi connectivity index (χ0n) is 15.9. The number of hydrogen-bond acceptors (Lipinski definition) is 5. The number of fused-ring (bicyclic) bond motifs is 1. The monoisotopic (exact) mass is 446 g/mol. The quantitative estimate of drug-likeness (QED) is 0.601. The Morgan fingerprint density at radius 2 is 2.00 bits per heavy atom. The normalized spacial score (nSPS) is 13.2. The third-order valence-corrected chi connectivity index (χ3v) is 6.84. The maximum absolute atomic E-state index is 13.1. The summed E-state index contributed by atoms with van der Waals surface area (Å²) in [5, 5.41) is 2.77. The molecule has 3 aromatic rings. The average Bonchev–Trinajstić information content (AvgIpc) is 3.41. The molecule has 2 aromatic carbocycles. The molecule has 4 rings (SSSR count). The lowest BCUT2D eigenvalue weighted by Crippen LogP contribution is -2.29. The van der Waals surface area contributed by atoms with Crippen molar-refractivity contribution >= 4 is 33.2 Å². The summed E-state index contributed by atoms with van der Waals surface area (Å²) in [6.45, 7) is 0.372. The van der Waals surface area contributed by atoms with E-state index in [1.54, 1.807) is 18.2 Å². The number of sulfonamides is 1. The lowest BCUT2D eigenvalue weighted by Gasteiger charge is -2.20. The van der Waals surface area contributed by atoms with Gasteiger partial charge in [-0.05, 0) is 48.4 Å². The van der Waals surface area contributed by atoms with Crippen LogP contribution in [0.3, 0.4) is 0 Å². The Bertz CT molecular complexity index is 1160. The summed E-state index contributed by atoms with van der Waals surface area (Å²) in [6, 6.07) is 15.1. The Hall–Kier alpha value is -2.97. The predicted molar refractivity (Wildman–Crippen MR) is 112 cm³/mol. The zero-order valence-corrected chi connectivity index (χ0v) is 17.4. The maximum atomic E-state index is 13.1. The van der Waals surface area contributed by atoms with Gasteiger partial charge in [-0.15, -0.1) is 0 Å². The highest BCUT2D eigenvalue weighted by atomic mass is 35.5. The third kappa shape index (κ3) is 4.15. The van der Waals surface area contributed by atoms with Gasteiger partial charge in [0.2, 0.25) is 0 Å². The second-order valence-corrected chi connectivity index (χ2v) is 8.96. The molecule has 0 aliphatic carbocycles. The SMILES string of the molecule is O=C(COc1ccc(S(=O)(=O)N2CCc3ccccc32)cc1Cl)NCc1ccco1. The third-order valence-electron chi connectivity index (χ3n) is 4.73. The van der Waals surface area contributed by atoms with Crippen LogP contribution in [0.2, 0.25) is 5.02 Å². The second-order valence-electron chi connectivity index (χ2n) is 6.69. The number of rotatable bonds is 7. The van der Waals surface area contributed by atoms with Crippen molar-refractivity contribution < 1.29 is 22.4 Å². The van der Waals surface area contributed by atoms with Crippen molar-refractivity contribution in [2.45, 2.75) is 17.9 Å². The highest BCUT2D eigenvalue weighted by molar-refractivity contribution is 7.92. The number of hydrogen-bond donors (Lipinski definition) is 1. The van der Waals surface area contributed by atoms with Crippen molar-refractivity contribution in [3.05, 3.63) is 77.2 Å². The molecular weight excluding hydrogens is 428 g/mol. The molecule has 0 saturated carbocycles. The number of amides is 1. The molecule has 0 radical (unpaired) electrons. The molecule has 0 spiro atoms. The Morgan fingerprint density at radius 3 is 2.77 bits per heavy atom. The molecule has 0 fully saturated rings. The Kier molecular flexibility index (Phi) is 5.69. The average molecular weight is 447 g/mol. The smallest absolute Gasteiger partial charge is 0.264 e. The first-order valence-electron chi connectivity index (χ1n) is 9.27. The van der Waals surface area contributed by atoms with Gasteiger partial charge in [0.1, 0.15) is 11.5 Å².